The number of amides is 2. The van der Waals surface area contributed by atoms with Crippen LogP contribution in [0.3, 0.4) is 0 Å². The minimum atomic E-state index is -1.35. The van der Waals surface area contributed by atoms with Crippen LogP contribution in [-0.4, -0.2) is 78.1 Å². The predicted octanol–water partition coefficient (Wildman–Crippen LogP) is 3.86. The van der Waals surface area contributed by atoms with Crippen LogP contribution in [0.25, 0.3) is 44.6 Å². The summed E-state index contributed by atoms with van der Waals surface area (Å²) in [5.41, 5.74) is 9.55. The summed E-state index contributed by atoms with van der Waals surface area (Å²) in [7, 11) is 0. The van der Waals surface area contributed by atoms with Gasteiger partial charge in [-0.05, 0) is 91.3 Å². The number of carboxylic acid groups (broad SMARTS) is 2. The van der Waals surface area contributed by atoms with E-state index in [9.17, 15) is 39.0 Å². The highest BCUT2D eigenvalue weighted by atomic mass is 32.1. The van der Waals surface area contributed by atoms with Gasteiger partial charge >= 0.3 is 11.9 Å². The van der Waals surface area contributed by atoms with Crippen molar-refractivity contribution in [2.45, 2.75) is 32.4 Å². The van der Waals surface area contributed by atoms with E-state index in [0.29, 0.717) is 50.5 Å². The first-order valence-corrected chi connectivity index (χ1v) is 19.7. The van der Waals surface area contributed by atoms with Gasteiger partial charge in [0.1, 0.15) is 17.4 Å². The van der Waals surface area contributed by atoms with Crippen LogP contribution in [0.2, 0.25) is 0 Å². The van der Waals surface area contributed by atoms with Crippen LogP contribution in [0.4, 0.5) is 17.3 Å². The van der Waals surface area contributed by atoms with E-state index in [1.54, 1.807) is 30.3 Å². The number of aliphatic carboxylic acids is 1. The topological polar surface area (TPSA) is 297 Å². The van der Waals surface area contributed by atoms with Gasteiger partial charge in [-0.15, -0.1) is 0 Å². The number of hydrogen-bond acceptors (Lipinski definition) is 13. The number of rotatable bonds is 15. The van der Waals surface area contributed by atoms with Gasteiger partial charge in [-0.25, -0.2) is 19.6 Å². The number of carboxylic acids is 2. The van der Waals surface area contributed by atoms with Crippen LogP contribution >= 0.6 is 12.2 Å². The number of aromatic nitrogens is 4. The van der Waals surface area contributed by atoms with Crippen LogP contribution in [0, 0.1) is 6.92 Å². The van der Waals surface area contributed by atoms with Gasteiger partial charge in [0.2, 0.25) is 11.9 Å². The van der Waals surface area contributed by atoms with Crippen molar-refractivity contribution in [2.75, 3.05) is 29.5 Å². The smallest absolute Gasteiger partial charge is 0.336 e. The molecular weight excluding hydrogens is 833 g/mol. The Bertz CT molecular complexity index is 3030. The molecule has 7 rings (SSSR count). The highest BCUT2D eigenvalue weighted by Crippen LogP contribution is 2.42. The molecule has 63 heavy (non-hydrogen) atoms. The normalized spacial score (nSPS) is 11.5. The zero-order valence-electron chi connectivity index (χ0n) is 33.3. The SMILES string of the molecule is Cc1ccc2c(-c3ccc(NC(=S)NCCNC(=O)CCC(NC(=O)c4ccc(NCc5cnc6nc(N)[nH]c(=O)c6n5)cc4)C(=O)O)cc3C(=O)O)c3ccc(=O)cc-3oc2c1. The van der Waals surface area contributed by atoms with Crippen molar-refractivity contribution in [2.24, 2.45) is 0 Å². The zero-order valence-corrected chi connectivity index (χ0v) is 34.1. The maximum atomic E-state index is 12.9. The molecule has 0 fully saturated rings. The van der Waals surface area contributed by atoms with Crippen molar-refractivity contribution in [1.82, 2.24) is 35.9 Å². The quantitative estimate of drug-likeness (QED) is 0.0401. The summed E-state index contributed by atoms with van der Waals surface area (Å²) in [6, 6.07) is 19.6. The molecule has 2 amide bonds. The van der Waals surface area contributed by atoms with E-state index < -0.39 is 35.4 Å². The second-order valence-electron chi connectivity index (χ2n) is 14.2. The lowest BCUT2D eigenvalue weighted by Gasteiger charge is -2.18. The molecule has 2 aliphatic rings. The van der Waals surface area contributed by atoms with E-state index in [4.69, 9.17) is 22.4 Å². The number of carbonyl (C=O) groups excluding carboxylic acids is 2. The number of nitrogens with zero attached hydrogens (tertiary/aromatic N) is 3. The molecule has 0 bridgehead atoms. The summed E-state index contributed by atoms with van der Waals surface area (Å²) in [6.07, 6.45) is 1.07. The molecule has 10 N–H and O–H groups in total. The first-order chi connectivity index (χ1) is 30.2. The molecule has 0 spiro atoms. The van der Waals surface area contributed by atoms with Crippen molar-refractivity contribution in [1.29, 1.82) is 0 Å². The molecule has 0 saturated heterocycles. The third-order valence-corrected chi connectivity index (χ3v) is 9.98. The number of hydrogen-bond donors (Lipinski definition) is 9. The zero-order chi connectivity index (χ0) is 44.8. The van der Waals surface area contributed by atoms with E-state index in [-0.39, 0.29) is 71.3 Å². The highest BCUT2D eigenvalue weighted by Gasteiger charge is 2.24. The van der Waals surface area contributed by atoms with Gasteiger partial charge in [0.15, 0.2) is 21.7 Å². The van der Waals surface area contributed by atoms with E-state index >= 15 is 0 Å². The molecule has 1 aliphatic carbocycles. The Morgan fingerprint density at radius 3 is 2.40 bits per heavy atom. The van der Waals surface area contributed by atoms with Gasteiger partial charge in [-0.1, -0.05) is 18.2 Å². The molecule has 1 aliphatic heterocycles. The minimum absolute atomic E-state index is 0.0201. The second kappa shape index (κ2) is 18.6. The Kier molecular flexibility index (Phi) is 12.6. The summed E-state index contributed by atoms with van der Waals surface area (Å²) < 4.78 is 6.04. The standard InChI is InChI=1S/C43H38N10O9S/c1-21-2-9-28-32(16-21)62-33-18-26(54)8-11-29(33)35(28)27-10-7-24(17-30(27)40(58)59)50-43(63)46-15-14-45-34(55)13-12-31(41(60)61)51-38(56)22-3-5-23(6-4-22)47-19-25-20-48-37-36(49-25)39(57)53-42(44)52-37/h2-11,16-18,20,31,47H,12-15,19H2,1H3,(H,45,55)(H,51,56)(H,58,59)(H,60,61)(H2,46,50,63)(H3,44,48,52,53,57). The number of nitrogen functional groups attached to an aromatic ring is 1. The summed E-state index contributed by atoms with van der Waals surface area (Å²) in [6.45, 7) is 2.39. The van der Waals surface area contributed by atoms with Crippen molar-refractivity contribution in [3.63, 3.8) is 0 Å². The van der Waals surface area contributed by atoms with Crippen LogP contribution < -0.4 is 43.3 Å². The maximum absolute atomic E-state index is 12.9. The number of benzene rings is 4. The molecule has 19 nitrogen and oxygen atoms in total. The summed E-state index contributed by atoms with van der Waals surface area (Å²) in [5.74, 6) is -3.35. The minimum Gasteiger partial charge on any atom is -0.480 e. The largest absolute Gasteiger partial charge is 0.480 e. The van der Waals surface area contributed by atoms with Gasteiger partial charge in [-0.3, -0.25) is 24.2 Å². The van der Waals surface area contributed by atoms with E-state index in [2.05, 4.69) is 46.5 Å². The number of carbonyl (C=O) groups is 4. The molecule has 2 aromatic heterocycles. The molecule has 5 aromatic rings. The van der Waals surface area contributed by atoms with Crippen LogP contribution in [0.1, 0.15) is 44.8 Å². The number of H-pyrrole nitrogens is 1. The Morgan fingerprint density at radius 2 is 1.63 bits per heavy atom. The van der Waals surface area contributed by atoms with E-state index in [1.807, 2.05) is 25.1 Å². The number of nitrogens with two attached hydrogens (primary N) is 1. The summed E-state index contributed by atoms with van der Waals surface area (Å²) in [5, 5.41) is 35.0. The lowest BCUT2D eigenvalue weighted by Crippen LogP contribution is -2.42. The molecule has 320 valence electrons. The fraction of sp³-hybridized carbons (Fsp3) is 0.163. The Balaban J connectivity index is 0.874. The number of aromatic carboxylic acids is 1. The van der Waals surface area contributed by atoms with Gasteiger partial charge in [0.25, 0.3) is 11.5 Å². The Morgan fingerprint density at radius 1 is 0.889 bits per heavy atom. The number of anilines is 3. The number of aromatic amines is 1. The number of aryl methyl sites for hydroxylation is 1. The summed E-state index contributed by atoms with van der Waals surface area (Å²) >= 11 is 5.40. The number of thiocarbonyl (C=S) groups is 1. The third-order valence-electron chi connectivity index (χ3n) is 9.73. The highest BCUT2D eigenvalue weighted by molar-refractivity contribution is 7.80. The maximum Gasteiger partial charge on any atom is 0.336 e. The van der Waals surface area contributed by atoms with Crippen molar-refractivity contribution >= 4 is 80.5 Å². The van der Waals surface area contributed by atoms with Crippen molar-refractivity contribution < 1.29 is 33.8 Å². The van der Waals surface area contributed by atoms with Crippen molar-refractivity contribution in [3.05, 3.63) is 128 Å². The Hall–Kier alpha value is -8.26. The Labute approximate surface area is 361 Å². The van der Waals surface area contributed by atoms with Gasteiger partial charge in [0, 0.05) is 59.0 Å². The van der Waals surface area contributed by atoms with Gasteiger partial charge in [-0.2, -0.15) is 4.98 Å². The van der Waals surface area contributed by atoms with Gasteiger partial charge in [0.05, 0.1) is 24.0 Å². The average molecular weight is 871 g/mol. The lowest BCUT2D eigenvalue weighted by atomic mass is 9.90. The molecule has 3 aromatic carbocycles. The average Bonchev–Trinajstić information content (AvgIpc) is 3.25. The molecule has 20 heteroatoms. The molecule has 3 heterocycles. The third kappa shape index (κ3) is 10.2. The van der Waals surface area contributed by atoms with E-state index in [1.165, 1.54) is 36.5 Å². The summed E-state index contributed by atoms with van der Waals surface area (Å²) in [4.78, 5) is 89.0. The monoisotopic (exact) mass is 870 g/mol. The fourth-order valence-electron chi connectivity index (χ4n) is 6.69. The molecule has 0 saturated carbocycles. The molecule has 0 radical (unpaired) electrons. The molecule has 1 atom stereocenters. The van der Waals surface area contributed by atoms with Crippen molar-refractivity contribution in [3.8, 4) is 22.5 Å². The molecular formula is C43H38N10O9S. The lowest BCUT2D eigenvalue weighted by molar-refractivity contribution is -0.139. The molecule has 1 unspecified atom stereocenters. The predicted molar refractivity (Wildman–Crippen MR) is 238 cm³/mol. The van der Waals surface area contributed by atoms with E-state index in [0.717, 1.165) is 5.56 Å². The number of nitrogens with one attached hydrogen (secondary N) is 6. The number of fused-ring (bicyclic) bond motifs is 3. The first kappa shape index (κ1) is 42.8. The van der Waals surface area contributed by atoms with Crippen LogP contribution in [0.15, 0.2) is 99.1 Å². The van der Waals surface area contributed by atoms with Gasteiger partial charge < -0.3 is 46.9 Å². The van der Waals surface area contributed by atoms with Crippen LogP contribution in [0.5, 0.6) is 0 Å². The van der Waals surface area contributed by atoms with Crippen LogP contribution in [-0.2, 0) is 16.1 Å². The fourth-order valence-corrected chi connectivity index (χ4v) is 6.91. The first-order valence-electron chi connectivity index (χ1n) is 19.3. The second-order valence-corrected chi connectivity index (χ2v) is 14.7.